The highest BCUT2D eigenvalue weighted by Gasteiger charge is 2.25. The van der Waals surface area contributed by atoms with Crippen LogP contribution in [-0.2, 0) is 9.53 Å². The average Bonchev–Trinajstić information content (AvgIpc) is 3.27. The molecule has 0 radical (unpaired) electrons. The van der Waals surface area contributed by atoms with Crippen molar-refractivity contribution in [3.8, 4) is 5.75 Å². The molecular weight excluding hydrogens is 360 g/mol. The zero-order valence-electron chi connectivity index (χ0n) is 16.1. The second kappa shape index (κ2) is 10.1. The van der Waals surface area contributed by atoms with Crippen LogP contribution in [0.1, 0.15) is 35.0 Å². The Kier molecular flexibility index (Phi) is 7.22. The van der Waals surface area contributed by atoms with Gasteiger partial charge in [-0.3, -0.25) is 14.5 Å². The first-order chi connectivity index (χ1) is 13.7. The molecule has 0 bridgehead atoms. The summed E-state index contributed by atoms with van der Waals surface area (Å²) >= 11 is 0. The van der Waals surface area contributed by atoms with Crippen molar-refractivity contribution in [2.75, 3.05) is 40.0 Å². The molecule has 1 saturated heterocycles. The summed E-state index contributed by atoms with van der Waals surface area (Å²) in [5.74, 6) is 1.21. The second-order valence-corrected chi connectivity index (χ2v) is 6.64. The zero-order chi connectivity index (χ0) is 19.8. The van der Waals surface area contributed by atoms with Crippen LogP contribution in [0.5, 0.6) is 5.75 Å². The molecule has 1 aliphatic heterocycles. The summed E-state index contributed by atoms with van der Waals surface area (Å²) in [6, 6.07) is 10.7. The number of ether oxygens (including phenoxy) is 2. The Morgan fingerprint density at radius 1 is 1.18 bits per heavy atom. The lowest BCUT2D eigenvalue weighted by atomic mass is 10.1. The van der Waals surface area contributed by atoms with E-state index in [1.54, 1.807) is 37.6 Å². The third-order valence-electron chi connectivity index (χ3n) is 4.82. The highest BCUT2D eigenvalue weighted by Crippen LogP contribution is 2.22. The molecule has 3 rings (SSSR count). The summed E-state index contributed by atoms with van der Waals surface area (Å²) in [6.45, 7) is 3.34. The van der Waals surface area contributed by atoms with Gasteiger partial charge in [0, 0.05) is 38.0 Å². The van der Waals surface area contributed by atoms with Gasteiger partial charge >= 0.3 is 0 Å². The smallest absolute Gasteiger partial charge is 0.220 e. The Balaban J connectivity index is 1.51. The van der Waals surface area contributed by atoms with Crippen LogP contribution in [0, 0.1) is 0 Å². The molecule has 28 heavy (non-hydrogen) atoms. The van der Waals surface area contributed by atoms with Gasteiger partial charge in [0.25, 0.3) is 0 Å². The van der Waals surface area contributed by atoms with Gasteiger partial charge in [-0.1, -0.05) is 12.1 Å². The quantitative estimate of drug-likeness (QED) is 0.667. The number of hydrogen-bond donors (Lipinski definition) is 1. The number of amides is 1. The van der Waals surface area contributed by atoms with E-state index in [9.17, 15) is 9.59 Å². The van der Waals surface area contributed by atoms with Crippen LogP contribution in [0.3, 0.4) is 0 Å². The van der Waals surface area contributed by atoms with Gasteiger partial charge in [0.1, 0.15) is 11.5 Å². The molecule has 2 heterocycles. The van der Waals surface area contributed by atoms with E-state index < -0.39 is 0 Å². The second-order valence-electron chi connectivity index (χ2n) is 6.64. The standard InChI is InChI=1S/C21H26N2O5/c1-26-17-5-2-4-16(14-17)19(24)7-8-21(25)22-15-18(20-6-3-11-28-20)23-9-12-27-13-10-23/h2-6,11,14,18H,7-10,12-13,15H2,1H3,(H,22,25). The number of methoxy groups -OCH3 is 1. The molecule has 7 heteroatoms. The van der Waals surface area contributed by atoms with E-state index in [-0.39, 0.29) is 30.6 Å². The molecule has 1 N–H and O–H groups in total. The number of nitrogens with one attached hydrogen (secondary N) is 1. The maximum Gasteiger partial charge on any atom is 0.220 e. The van der Waals surface area contributed by atoms with Gasteiger partial charge in [0.05, 0.1) is 32.6 Å². The summed E-state index contributed by atoms with van der Waals surface area (Å²) in [6.07, 6.45) is 1.93. The van der Waals surface area contributed by atoms with Gasteiger partial charge < -0.3 is 19.2 Å². The third kappa shape index (κ3) is 5.43. The lowest BCUT2D eigenvalue weighted by Crippen LogP contribution is -2.43. The van der Waals surface area contributed by atoms with E-state index in [1.165, 1.54) is 0 Å². The average molecular weight is 386 g/mol. The number of carbonyl (C=O) groups is 2. The Morgan fingerprint density at radius 2 is 2.00 bits per heavy atom. The Bertz CT molecular complexity index is 769. The molecule has 2 aromatic rings. The number of benzene rings is 1. The predicted molar refractivity (Wildman–Crippen MR) is 103 cm³/mol. The van der Waals surface area contributed by atoms with Gasteiger partial charge in [-0.15, -0.1) is 0 Å². The first kappa shape index (κ1) is 20.1. The summed E-state index contributed by atoms with van der Waals surface area (Å²) in [4.78, 5) is 26.9. The maximum atomic E-state index is 12.3. The molecule has 0 aliphatic carbocycles. The summed E-state index contributed by atoms with van der Waals surface area (Å²) in [5, 5.41) is 2.94. The largest absolute Gasteiger partial charge is 0.497 e. The number of rotatable bonds is 9. The molecule has 1 unspecified atom stereocenters. The van der Waals surface area contributed by atoms with Crippen molar-refractivity contribution in [3.63, 3.8) is 0 Å². The minimum absolute atomic E-state index is 0.0445. The highest BCUT2D eigenvalue weighted by atomic mass is 16.5. The third-order valence-corrected chi connectivity index (χ3v) is 4.82. The molecule has 1 aromatic heterocycles. The maximum absolute atomic E-state index is 12.3. The van der Waals surface area contributed by atoms with E-state index >= 15 is 0 Å². The fourth-order valence-corrected chi connectivity index (χ4v) is 3.25. The highest BCUT2D eigenvalue weighted by molar-refractivity contribution is 5.98. The SMILES string of the molecule is COc1cccc(C(=O)CCC(=O)NCC(c2ccco2)N2CCOCC2)c1. The van der Waals surface area contributed by atoms with Crippen LogP contribution in [-0.4, -0.2) is 56.5 Å². The molecular formula is C21H26N2O5. The Hall–Kier alpha value is -2.64. The van der Waals surface area contributed by atoms with Crippen LogP contribution >= 0.6 is 0 Å². The Morgan fingerprint density at radius 3 is 2.71 bits per heavy atom. The molecule has 1 amide bonds. The van der Waals surface area contributed by atoms with Crippen molar-refractivity contribution in [2.24, 2.45) is 0 Å². The minimum atomic E-state index is -0.152. The lowest BCUT2D eigenvalue weighted by Gasteiger charge is -2.33. The summed E-state index contributed by atoms with van der Waals surface area (Å²) in [5.41, 5.74) is 0.550. The van der Waals surface area contributed by atoms with E-state index in [2.05, 4.69) is 10.2 Å². The fourth-order valence-electron chi connectivity index (χ4n) is 3.25. The van der Waals surface area contributed by atoms with Gasteiger partial charge in [0.2, 0.25) is 5.91 Å². The fraction of sp³-hybridized carbons (Fsp3) is 0.429. The molecule has 1 aromatic carbocycles. The molecule has 1 atom stereocenters. The molecule has 0 spiro atoms. The van der Waals surface area contributed by atoms with Crippen LogP contribution < -0.4 is 10.1 Å². The van der Waals surface area contributed by atoms with Crippen molar-refractivity contribution in [2.45, 2.75) is 18.9 Å². The number of carbonyl (C=O) groups excluding carboxylic acids is 2. The first-order valence-electron chi connectivity index (χ1n) is 9.46. The monoisotopic (exact) mass is 386 g/mol. The topological polar surface area (TPSA) is 81.0 Å². The first-order valence-corrected chi connectivity index (χ1v) is 9.46. The van der Waals surface area contributed by atoms with Crippen molar-refractivity contribution >= 4 is 11.7 Å². The van der Waals surface area contributed by atoms with Crippen LogP contribution in [0.15, 0.2) is 47.1 Å². The van der Waals surface area contributed by atoms with E-state index in [4.69, 9.17) is 13.9 Å². The Labute approximate surface area is 164 Å². The van der Waals surface area contributed by atoms with Gasteiger partial charge in [-0.05, 0) is 24.3 Å². The zero-order valence-corrected chi connectivity index (χ0v) is 16.1. The predicted octanol–water partition coefficient (Wildman–Crippen LogP) is 2.44. The van der Waals surface area contributed by atoms with E-state index in [0.717, 1.165) is 18.8 Å². The molecule has 1 aliphatic rings. The molecule has 0 saturated carbocycles. The molecule has 7 nitrogen and oxygen atoms in total. The van der Waals surface area contributed by atoms with Crippen LogP contribution in [0.25, 0.3) is 0 Å². The number of nitrogens with zero attached hydrogens (tertiary/aromatic N) is 1. The summed E-state index contributed by atoms with van der Waals surface area (Å²) in [7, 11) is 1.56. The minimum Gasteiger partial charge on any atom is -0.497 e. The number of furan rings is 1. The lowest BCUT2D eigenvalue weighted by molar-refractivity contribution is -0.121. The van der Waals surface area contributed by atoms with Crippen LogP contribution in [0.2, 0.25) is 0 Å². The van der Waals surface area contributed by atoms with Crippen LogP contribution in [0.4, 0.5) is 0 Å². The molecule has 1 fully saturated rings. The van der Waals surface area contributed by atoms with E-state index in [0.29, 0.717) is 31.1 Å². The van der Waals surface area contributed by atoms with Crippen molar-refractivity contribution in [1.82, 2.24) is 10.2 Å². The number of morpholine rings is 1. The molecule has 150 valence electrons. The number of ketones is 1. The van der Waals surface area contributed by atoms with Gasteiger partial charge in [-0.2, -0.15) is 0 Å². The van der Waals surface area contributed by atoms with Crippen molar-refractivity contribution in [3.05, 3.63) is 54.0 Å². The van der Waals surface area contributed by atoms with E-state index in [1.807, 2.05) is 12.1 Å². The van der Waals surface area contributed by atoms with Crippen molar-refractivity contribution in [1.29, 1.82) is 0 Å². The number of Topliss-reactive ketones (excluding diaryl/α,β-unsaturated/α-hetero) is 1. The van der Waals surface area contributed by atoms with Crippen molar-refractivity contribution < 1.29 is 23.5 Å². The van der Waals surface area contributed by atoms with Gasteiger partial charge in [-0.25, -0.2) is 0 Å². The number of hydrogen-bond acceptors (Lipinski definition) is 6. The van der Waals surface area contributed by atoms with Gasteiger partial charge in [0.15, 0.2) is 5.78 Å². The normalized spacial score (nSPS) is 15.8. The summed E-state index contributed by atoms with van der Waals surface area (Å²) < 4.78 is 16.1.